The second-order valence-corrected chi connectivity index (χ2v) is 12.1. The van der Waals surface area contributed by atoms with Gasteiger partial charge in [0.25, 0.3) is 0 Å². The minimum Gasteiger partial charge on any atom is -0.494 e. The number of hydrogen-bond donors (Lipinski definition) is 0. The molecule has 0 N–H and O–H groups in total. The molecule has 0 radical (unpaired) electrons. The first kappa shape index (κ1) is 24.1. The standard InChI is InChI=1S/C28H35N3O3S/c1-30-20-28(29-21-30)35(32,33)16-6-15-34-25-12-11-23-9-10-24(19-31-13-5-14-31)26(27(23)18-25)17-22-7-3-2-4-8-22/h2-4,7-8,11-12,18,20-21,24,26H,5-6,9-10,13-17,19H2,1H3/t24-,26+/m0/s1. The van der Waals surface area contributed by atoms with E-state index in [-0.39, 0.29) is 10.8 Å². The zero-order valence-electron chi connectivity index (χ0n) is 20.5. The number of imidazole rings is 1. The van der Waals surface area contributed by atoms with Crippen LogP contribution >= 0.6 is 0 Å². The van der Waals surface area contributed by atoms with E-state index in [0.29, 0.717) is 24.9 Å². The Balaban J connectivity index is 1.27. The summed E-state index contributed by atoms with van der Waals surface area (Å²) in [5.74, 6) is 1.97. The molecule has 0 saturated carbocycles. The van der Waals surface area contributed by atoms with Gasteiger partial charge in [-0.05, 0) is 85.9 Å². The van der Waals surface area contributed by atoms with Crippen LogP contribution in [0.5, 0.6) is 5.75 Å². The molecule has 1 saturated heterocycles. The van der Waals surface area contributed by atoms with Crippen LogP contribution in [-0.4, -0.2) is 54.9 Å². The Morgan fingerprint density at radius 2 is 1.94 bits per heavy atom. The first-order chi connectivity index (χ1) is 17.0. The predicted molar refractivity (Wildman–Crippen MR) is 138 cm³/mol. The van der Waals surface area contributed by atoms with Crippen molar-refractivity contribution < 1.29 is 13.2 Å². The summed E-state index contributed by atoms with van der Waals surface area (Å²) in [5.41, 5.74) is 4.21. The summed E-state index contributed by atoms with van der Waals surface area (Å²) >= 11 is 0. The fourth-order valence-corrected chi connectivity index (χ4v) is 6.63. The number of sulfone groups is 1. The van der Waals surface area contributed by atoms with Gasteiger partial charge in [-0.1, -0.05) is 36.4 Å². The number of benzene rings is 2. The maximum absolute atomic E-state index is 12.5. The van der Waals surface area contributed by atoms with E-state index in [1.54, 1.807) is 17.8 Å². The van der Waals surface area contributed by atoms with Crippen LogP contribution in [-0.2, 0) is 29.7 Å². The van der Waals surface area contributed by atoms with Gasteiger partial charge < -0.3 is 14.2 Å². The molecule has 2 aliphatic rings. The van der Waals surface area contributed by atoms with Crippen molar-refractivity contribution >= 4 is 9.84 Å². The van der Waals surface area contributed by atoms with Gasteiger partial charge in [0, 0.05) is 19.8 Å². The average Bonchev–Trinajstić information content (AvgIpc) is 3.28. The van der Waals surface area contributed by atoms with E-state index in [4.69, 9.17) is 4.74 Å². The highest BCUT2D eigenvalue weighted by Crippen LogP contribution is 2.41. The van der Waals surface area contributed by atoms with Crippen molar-refractivity contribution in [3.8, 4) is 5.75 Å². The van der Waals surface area contributed by atoms with Crippen molar-refractivity contribution in [2.75, 3.05) is 32.0 Å². The Bertz CT molecular complexity index is 1240. The summed E-state index contributed by atoms with van der Waals surface area (Å²) in [5, 5.41) is 0.130. The van der Waals surface area contributed by atoms with Crippen LogP contribution in [0.1, 0.15) is 41.9 Å². The van der Waals surface area contributed by atoms with Crippen LogP contribution in [0.2, 0.25) is 0 Å². The minimum atomic E-state index is -3.38. The van der Waals surface area contributed by atoms with Crippen molar-refractivity contribution in [2.24, 2.45) is 13.0 Å². The van der Waals surface area contributed by atoms with E-state index in [0.717, 1.165) is 18.6 Å². The van der Waals surface area contributed by atoms with Gasteiger partial charge in [0.15, 0.2) is 14.9 Å². The predicted octanol–water partition coefficient (Wildman–Crippen LogP) is 4.26. The fraction of sp³-hybridized carbons (Fsp3) is 0.464. The van der Waals surface area contributed by atoms with Gasteiger partial charge >= 0.3 is 0 Å². The monoisotopic (exact) mass is 493 g/mol. The third-order valence-corrected chi connectivity index (χ3v) is 9.11. The van der Waals surface area contributed by atoms with Crippen molar-refractivity contribution in [1.82, 2.24) is 14.5 Å². The summed E-state index contributed by atoms with van der Waals surface area (Å²) in [6, 6.07) is 17.3. The lowest BCUT2D eigenvalue weighted by Crippen LogP contribution is -2.43. The van der Waals surface area contributed by atoms with Crippen molar-refractivity contribution in [3.63, 3.8) is 0 Å². The molecule has 0 amide bonds. The second kappa shape index (κ2) is 10.5. The van der Waals surface area contributed by atoms with Crippen LogP contribution < -0.4 is 4.74 Å². The number of fused-ring (bicyclic) bond motifs is 1. The summed E-state index contributed by atoms with van der Waals surface area (Å²) in [6.45, 7) is 4.00. The van der Waals surface area contributed by atoms with Crippen LogP contribution in [0.15, 0.2) is 66.1 Å². The molecule has 1 aliphatic heterocycles. The summed E-state index contributed by atoms with van der Waals surface area (Å²) < 4.78 is 32.7. The largest absolute Gasteiger partial charge is 0.494 e. The summed E-state index contributed by atoms with van der Waals surface area (Å²) in [7, 11) is -1.62. The quantitative estimate of drug-likeness (QED) is 0.395. The molecule has 1 aliphatic carbocycles. The molecule has 1 aromatic heterocycles. The lowest BCUT2D eigenvalue weighted by molar-refractivity contribution is 0.134. The molecule has 0 spiro atoms. The van der Waals surface area contributed by atoms with Gasteiger partial charge in [-0.25, -0.2) is 13.4 Å². The lowest BCUT2D eigenvalue weighted by atomic mass is 9.72. The highest BCUT2D eigenvalue weighted by atomic mass is 32.2. The van der Waals surface area contributed by atoms with E-state index in [9.17, 15) is 8.42 Å². The van der Waals surface area contributed by atoms with Crippen molar-refractivity contribution in [3.05, 3.63) is 77.7 Å². The first-order valence-corrected chi connectivity index (χ1v) is 14.4. The molecular formula is C28H35N3O3S. The lowest BCUT2D eigenvalue weighted by Gasteiger charge is -2.40. The van der Waals surface area contributed by atoms with Gasteiger partial charge in [-0.15, -0.1) is 0 Å². The Labute approximate surface area is 208 Å². The second-order valence-electron chi connectivity index (χ2n) is 10.0. The molecule has 5 rings (SSSR count). The average molecular weight is 494 g/mol. The van der Waals surface area contributed by atoms with Crippen LogP contribution in [0.4, 0.5) is 0 Å². The number of hydrogen-bond acceptors (Lipinski definition) is 5. The first-order valence-electron chi connectivity index (χ1n) is 12.7. The molecule has 1 fully saturated rings. The van der Waals surface area contributed by atoms with Crippen molar-refractivity contribution in [1.29, 1.82) is 0 Å². The van der Waals surface area contributed by atoms with Gasteiger partial charge in [0.2, 0.25) is 0 Å². The van der Waals surface area contributed by atoms with E-state index >= 15 is 0 Å². The number of aromatic nitrogens is 2. The van der Waals surface area contributed by atoms with E-state index < -0.39 is 9.84 Å². The fourth-order valence-electron chi connectivity index (χ4n) is 5.38. The molecule has 0 unspecified atom stereocenters. The molecule has 2 aromatic carbocycles. The molecule has 2 heterocycles. The number of rotatable bonds is 10. The third kappa shape index (κ3) is 5.78. The van der Waals surface area contributed by atoms with E-state index in [1.165, 1.54) is 55.5 Å². The van der Waals surface area contributed by atoms with Gasteiger partial charge in [0.1, 0.15) is 5.75 Å². The van der Waals surface area contributed by atoms with Gasteiger partial charge in [-0.3, -0.25) is 0 Å². The van der Waals surface area contributed by atoms with Crippen LogP contribution in [0, 0.1) is 5.92 Å². The molecular weight excluding hydrogens is 458 g/mol. The maximum atomic E-state index is 12.5. The van der Waals surface area contributed by atoms with Gasteiger partial charge in [-0.2, -0.15) is 0 Å². The van der Waals surface area contributed by atoms with Crippen molar-refractivity contribution in [2.45, 2.75) is 43.0 Å². The Morgan fingerprint density at radius 3 is 2.66 bits per heavy atom. The molecule has 3 aromatic rings. The molecule has 0 bridgehead atoms. The minimum absolute atomic E-state index is 0.0312. The Morgan fingerprint density at radius 1 is 1.11 bits per heavy atom. The zero-order valence-corrected chi connectivity index (χ0v) is 21.3. The molecule has 2 atom stereocenters. The molecule has 7 heteroatoms. The summed E-state index contributed by atoms with van der Waals surface area (Å²) in [4.78, 5) is 6.58. The highest BCUT2D eigenvalue weighted by Gasteiger charge is 2.32. The molecule has 35 heavy (non-hydrogen) atoms. The number of ether oxygens (including phenoxy) is 1. The third-order valence-electron chi connectivity index (χ3n) is 7.44. The van der Waals surface area contributed by atoms with Crippen LogP contribution in [0.3, 0.4) is 0 Å². The molecule has 6 nitrogen and oxygen atoms in total. The molecule has 186 valence electrons. The SMILES string of the molecule is Cn1cnc(S(=O)(=O)CCCOc2ccc3c(c2)[C@H](Cc2ccccc2)[C@H](CN2CCC2)CC3)c1. The maximum Gasteiger partial charge on any atom is 0.197 e. The van der Waals surface area contributed by atoms with Gasteiger partial charge in [0.05, 0.1) is 18.7 Å². The summed E-state index contributed by atoms with van der Waals surface area (Å²) in [6.07, 6.45) is 8.19. The Kier molecular flexibility index (Phi) is 7.25. The van der Waals surface area contributed by atoms with E-state index in [1.807, 2.05) is 6.07 Å². The van der Waals surface area contributed by atoms with Crippen LogP contribution in [0.25, 0.3) is 0 Å². The number of aryl methyl sites for hydroxylation is 2. The topological polar surface area (TPSA) is 64.4 Å². The Hall–Kier alpha value is -2.64. The highest BCUT2D eigenvalue weighted by molar-refractivity contribution is 7.91. The number of likely N-dealkylation sites (tertiary alicyclic amines) is 1. The zero-order chi connectivity index (χ0) is 24.3. The normalized spacial score (nSPS) is 20.3. The number of nitrogens with zero attached hydrogens (tertiary/aromatic N) is 3. The van der Waals surface area contributed by atoms with E-state index in [2.05, 4.69) is 52.3 Å². The smallest absolute Gasteiger partial charge is 0.197 e.